The lowest BCUT2D eigenvalue weighted by Crippen LogP contribution is -2.36. The number of sulfonamides is 1. The molecule has 0 saturated heterocycles. The molecule has 0 radical (unpaired) electrons. The Morgan fingerprint density at radius 3 is 2.60 bits per heavy atom. The van der Waals surface area contributed by atoms with E-state index in [1.165, 1.54) is 0 Å². The lowest BCUT2D eigenvalue weighted by molar-refractivity contribution is -0.118. The van der Waals surface area contributed by atoms with E-state index in [9.17, 15) is 13.2 Å². The molecule has 0 saturated carbocycles. The Morgan fingerprint density at radius 2 is 1.90 bits per heavy atom. The van der Waals surface area contributed by atoms with Gasteiger partial charge in [-0.05, 0) is 74.1 Å². The number of benzene rings is 2. The molecule has 3 rings (SSSR count). The van der Waals surface area contributed by atoms with Gasteiger partial charge in [-0.25, -0.2) is 8.42 Å². The zero-order valence-electron chi connectivity index (χ0n) is 18.1. The molecule has 162 valence electrons. The number of nitrogens with one attached hydrogen (secondary N) is 1. The van der Waals surface area contributed by atoms with Gasteiger partial charge in [-0.3, -0.25) is 9.52 Å². The van der Waals surface area contributed by atoms with Gasteiger partial charge >= 0.3 is 0 Å². The van der Waals surface area contributed by atoms with Crippen LogP contribution in [0, 0.1) is 12.8 Å². The number of carbonyl (C=O) groups is 1. The molecule has 1 aliphatic heterocycles. The first kappa shape index (κ1) is 22.2. The van der Waals surface area contributed by atoms with Crippen molar-refractivity contribution in [2.75, 3.05) is 22.8 Å². The van der Waals surface area contributed by atoms with Crippen molar-refractivity contribution >= 4 is 27.3 Å². The van der Waals surface area contributed by atoms with Crippen LogP contribution in [0.25, 0.3) is 0 Å². The molecule has 0 aromatic heterocycles. The Labute approximate surface area is 179 Å². The number of nitrogens with zero attached hydrogens (tertiary/aromatic N) is 1. The van der Waals surface area contributed by atoms with Crippen LogP contribution in [0.5, 0.6) is 5.75 Å². The number of rotatable bonds is 8. The topological polar surface area (TPSA) is 75.7 Å². The number of hydrogen-bond acceptors (Lipinski definition) is 4. The van der Waals surface area contributed by atoms with Crippen molar-refractivity contribution in [3.63, 3.8) is 0 Å². The second-order valence-corrected chi connectivity index (χ2v) is 9.71. The lowest BCUT2D eigenvalue weighted by Gasteiger charge is -2.30. The molecule has 1 amide bonds. The van der Waals surface area contributed by atoms with Crippen molar-refractivity contribution in [1.82, 2.24) is 0 Å². The summed E-state index contributed by atoms with van der Waals surface area (Å²) in [6.07, 6.45) is 1.97. The number of anilines is 2. The molecular formula is C23H30N2O4S. The lowest BCUT2D eigenvalue weighted by atomic mass is 9.99. The van der Waals surface area contributed by atoms with Crippen molar-refractivity contribution in [3.8, 4) is 5.75 Å². The van der Waals surface area contributed by atoms with Crippen LogP contribution in [0.2, 0.25) is 0 Å². The van der Waals surface area contributed by atoms with Crippen molar-refractivity contribution in [2.45, 2.75) is 51.9 Å². The van der Waals surface area contributed by atoms with Gasteiger partial charge in [0.2, 0.25) is 5.91 Å². The summed E-state index contributed by atoms with van der Waals surface area (Å²) in [5.41, 5.74) is 3.17. The van der Waals surface area contributed by atoms with E-state index in [1.54, 1.807) is 18.2 Å². The molecule has 1 heterocycles. The molecule has 0 fully saturated rings. The fourth-order valence-electron chi connectivity index (χ4n) is 3.57. The molecule has 7 heteroatoms. The van der Waals surface area contributed by atoms with E-state index in [4.69, 9.17) is 4.74 Å². The summed E-state index contributed by atoms with van der Waals surface area (Å²) < 4.78 is 34.3. The van der Waals surface area contributed by atoms with E-state index < -0.39 is 10.0 Å². The second-order valence-electron chi connectivity index (χ2n) is 8.06. The third kappa shape index (κ3) is 4.95. The van der Waals surface area contributed by atoms with E-state index in [-0.39, 0.29) is 10.8 Å². The molecule has 0 bridgehead atoms. The van der Waals surface area contributed by atoms with E-state index in [2.05, 4.69) is 18.6 Å². The molecule has 0 atom stereocenters. The average molecular weight is 431 g/mol. The summed E-state index contributed by atoms with van der Waals surface area (Å²) in [7, 11) is -3.82. The van der Waals surface area contributed by atoms with E-state index >= 15 is 0 Å². The number of amides is 1. The Balaban J connectivity index is 1.88. The minimum atomic E-state index is -3.82. The summed E-state index contributed by atoms with van der Waals surface area (Å²) in [6.45, 7) is 8.99. The van der Waals surface area contributed by atoms with Gasteiger partial charge in [-0.15, -0.1) is 0 Å². The summed E-state index contributed by atoms with van der Waals surface area (Å²) in [5.74, 6) is 0.958. The van der Waals surface area contributed by atoms with Crippen LogP contribution in [-0.4, -0.2) is 27.5 Å². The standard InChI is InChI=1S/C23H30N2O4S/c1-5-29-21-10-6-17(4)14-22(21)30(27,28)24-19-8-9-20-18(15-19)7-11-23(26)25(20)13-12-16(2)3/h6,8-10,14-16,24H,5,7,11-13H2,1-4H3. The number of ether oxygens (including phenoxy) is 1. The predicted molar refractivity (Wildman–Crippen MR) is 120 cm³/mol. The largest absolute Gasteiger partial charge is 0.492 e. The summed E-state index contributed by atoms with van der Waals surface area (Å²) in [6, 6.07) is 10.5. The molecule has 6 nitrogen and oxygen atoms in total. The van der Waals surface area contributed by atoms with E-state index in [1.807, 2.05) is 36.9 Å². The van der Waals surface area contributed by atoms with Crippen molar-refractivity contribution in [1.29, 1.82) is 0 Å². The summed E-state index contributed by atoms with van der Waals surface area (Å²) in [5, 5.41) is 0. The molecule has 30 heavy (non-hydrogen) atoms. The normalized spacial score (nSPS) is 14.0. The minimum absolute atomic E-state index is 0.121. The third-order valence-electron chi connectivity index (χ3n) is 5.15. The van der Waals surface area contributed by atoms with Crippen LogP contribution in [0.15, 0.2) is 41.3 Å². The van der Waals surface area contributed by atoms with Crippen LogP contribution >= 0.6 is 0 Å². The number of aryl methyl sites for hydroxylation is 2. The van der Waals surface area contributed by atoms with Crippen LogP contribution in [0.1, 0.15) is 44.7 Å². The van der Waals surface area contributed by atoms with Crippen LogP contribution in [0.4, 0.5) is 11.4 Å². The monoisotopic (exact) mass is 430 g/mol. The van der Waals surface area contributed by atoms with Crippen molar-refractivity contribution in [3.05, 3.63) is 47.5 Å². The maximum absolute atomic E-state index is 13.1. The fraction of sp³-hybridized carbons (Fsp3) is 0.435. The molecule has 1 N–H and O–H groups in total. The van der Waals surface area contributed by atoms with Gasteiger partial charge in [-0.1, -0.05) is 19.9 Å². The first-order chi connectivity index (χ1) is 14.2. The Hall–Kier alpha value is -2.54. The van der Waals surface area contributed by atoms with Crippen LogP contribution in [0.3, 0.4) is 0 Å². The fourth-order valence-corrected chi connectivity index (χ4v) is 4.85. The van der Waals surface area contributed by atoms with Crippen LogP contribution in [-0.2, 0) is 21.2 Å². The van der Waals surface area contributed by atoms with E-state index in [0.717, 1.165) is 23.2 Å². The predicted octanol–water partition coefficient (Wildman–Crippen LogP) is 4.52. The number of carbonyl (C=O) groups excluding carboxylic acids is 1. The minimum Gasteiger partial charge on any atom is -0.492 e. The highest BCUT2D eigenvalue weighted by molar-refractivity contribution is 7.92. The highest BCUT2D eigenvalue weighted by Gasteiger charge is 2.25. The smallest absolute Gasteiger partial charge is 0.265 e. The first-order valence-electron chi connectivity index (χ1n) is 10.4. The maximum atomic E-state index is 13.1. The van der Waals surface area contributed by atoms with Gasteiger partial charge in [0, 0.05) is 24.3 Å². The summed E-state index contributed by atoms with van der Waals surface area (Å²) >= 11 is 0. The highest BCUT2D eigenvalue weighted by Crippen LogP contribution is 2.33. The van der Waals surface area contributed by atoms with Gasteiger partial charge in [0.1, 0.15) is 10.6 Å². The molecule has 2 aromatic carbocycles. The van der Waals surface area contributed by atoms with Gasteiger partial charge < -0.3 is 9.64 Å². The Morgan fingerprint density at radius 1 is 1.13 bits per heavy atom. The zero-order chi connectivity index (χ0) is 21.9. The van der Waals surface area contributed by atoms with Gasteiger partial charge in [-0.2, -0.15) is 0 Å². The molecule has 0 aliphatic carbocycles. The van der Waals surface area contributed by atoms with Gasteiger partial charge in [0.05, 0.1) is 6.61 Å². The molecule has 1 aliphatic rings. The first-order valence-corrected chi connectivity index (χ1v) is 11.9. The molecule has 2 aromatic rings. The number of hydrogen-bond donors (Lipinski definition) is 1. The zero-order valence-corrected chi connectivity index (χ0v) is 18.9. The molecular weight excluding hydrogens is 400 g/mol. The SMILES string of the molecule is CCOc1ccc(C)cc1S(=O)(=O)Nc1ccc2c(c1)CCC(=O)N2CCC(C)C. The van der Waals surface area contributed by atoms with Crippen molar-refractivity contribution < 1.29 is 17.9 Å². The molecule has 0 spiro atoms. The van der Waals surface area contributed by atoms with Crippen molar-refractivity contribution in [2.24, 2.45) is 5.92 Å². The highest BCUT2D eigenvalue weighted by atomic mass is 32.2. The maximum Gasteiger partial charge on any atom is 0.265 e. The van der Waals surface area contributed by atoms with Gasteiger partial charge in [0.25, 0.3) is 10.0 Å². The Bertz CT molecular complexity index is 1030. The second kappa shape index (κ2) is 9.08. The Kier molecular flexibility index (Phi) is 6.71. The third-order valence-corrected chi connectivity index (χ3v) is 6.55. The van der Waals surface area contributed by atoms with Gasteiger partial charge in [0.15, 0.2) is 0 Å². The van der Waals surface area contributed by atoms with Crippen LogP contribution < -0.4 is 14.4 Å². The van der Waals surface area contributed by atoms with E-state index in [0.29, 0.717) is 43.3 Å². The quantitative estimate of drug-likeness (QED) is 0.668. The molecule has 0 unspecified atom stereocenters. The average Bonchev–Trinajstić information content (AvgIpc) is 2.68. The number of fused-ring (bicyclic) bond motifs is 1. The summed E-state index contributed by atoms with van der Waals surface area (Å²) in [4.78, 5) is 14.3.